The van der Waals surface area contributed by atoms with Gasteiger partial charge < -0.3 is 70.5 Å². The van der Waals surface area contributed by atoms with Gasteiger partial charge in [-0.15, -0.1) is 0 Å². The zero-order valence-electron chi connectivity index (χ0n) is 71.0. The van der Waals surface area contributed by atoms with Crippen molar-refractivity contribution in [2.45, 2.75) is 300 Å². The van der Waals surface area contributed by atoms with Gasteiger partial charge in [-0.1, -0.05) is 78.3 Å². The zero-order chi connectivity index (χ0) is 81.4. The summed E-state index contributed by atoms with van der Waals surface area (Å²) >= 11 is 0. The van der Waals surface area contributed by atoms with E-state index in [2.05, 4.69) is 72.7 Å². The number of aliphatic hydroxyl groups excluding tert-OH is 8. The topological polar surface area (TPSA) is 293 Å². The summed E-state index contributed by atoms with van der Waals surface area (Å²) in [4.78, 5) is 17.0. The Kier molecular flexibility index (Phi) is 23.8. The first-order valence-corrected chi connectivity index (χ1v) is 46.0. The summed E-state index contributed by atoms with van der Waals surface area (Å²) in [5, 5.41) is 112. The van der Waals surface area contributed by atoms with Gasteiger partial charge in [0.05, 0.1) is 49.8 Å². The molecule has 17 aliphatic rings. The number of phenolic OH excluding ortho intramolecular Hbond substituents is 3. The number of aliphatic hydroxyl groups is 8. The molecule has 13 N–H and O–H groups in total. The maximum absolute atomic E-state index is 12.0. The monoisotopic (exact) mass is 1590 g/mol. The minimum Gasteiger partial charge on any atom is -0.508 e. The van der Waals surface area contributed by atoms with Crippen LogP contribution in [0.5, 0.6) is 17.2 Å². The van der Waals surface area contributed by atoms with Crippen LogP contribution in [0.3, 0.4) is 0 Å². The highest BCUT2D eigenvalue weighted by atomic mass is 16.6. The molecule has 34 atom stereocenters. The number of phenols is 3. The number of fused-ring (bicyclic) bond motifs is 25. The maximum Gasteiger partial charge on any atom is 0.178 e. The fourth-order valence-corrected chi connectivity index (χ4v) is 32.3. The third-order valence-corrected chi connectivity index (χ3v) is 38.5. The van der Waals surface area contributed by atoms with Crippen molar-refractivity contribution in [2.24, 2.45) is 133 Å². The Labute approximate surface area is 686 Å². The minimum absolute atomic E-state index is 0.0190. The largest absolute Gasteiger partial charge is 0.508 e. The number of methoxy groups -OCH3 is 2. The molecule has 115 heavy (non-hydrogen) atoms. The van der Waals surface area contributed by atoms with Gasteiger partial charge in [-0.05, 0) is 395 Å². The lowest BCUT2D eigenvalue weighted by Crippen LogP contribution is -2.57. The third kappa shape index (κ3) is 14.3. The van der Waals surface area contributed by atoms with Crippen LogP contribution in [0.1, 0.15) is 297 Å². The van der Waals surface area contributed by atoms with Crippen molar-refractivity contribution in [3.05, 3.63) is 112 Å². The van der Waals surface area contributed by atoms with E-state index in [0.29, 0.717) is 131 Å². The van der Waals surface area contributed by atoms with Crippen LogP contribution >= 0.6 is 0 Å². The van der Waals surface area contributed by atoms with E-state index in [0.717, 1.165) is 177 Å². The lowest BCUT2D eigenvalue weighted by molar-refractivity contribution is -0.162. The summed E-state index contributed by atoms with van der Waals surface area (Å²) in [6.07, 6.45) is 35.3. The number of nitrogens with two attached hydrogens (primary N) is 1. The molecular weight excluding hydrogens is 1440 g/mol. The molecule has 0 radical (unpaired) electrons. The zero-order valence-corrected chi connectivity index (χ0v) is 71.0. The van der Waals surface area contributed by atoms with Crippen LogP contribution in [0.25, 0.3) is 0 Å². The highest BCUT2D eigenvalue weighted by Gasteiger charge is 2.65. The average Bonchev–Trinajstić information content (AvgIpc) is 1.67. The van der Waals surface area contributed by atoms with Crippen molar-refractivity contribution >= 4 is 5.78 Å². The van der Waals surface area contributed by atoms with Crippen LogP contribution in [-0.4, -0.2) is 146 Å². The molecule has 16 nitrogen and oxygen atoms in total. The molecule has 0 bridgehead atoms. The van der Waals surface area contributed by atoms with Crippen molar-refractivity contribution in [3.63, 3.8) is 0 Å². The molecule has 16 heteroatoms. The SMILES string of the molecule is COC[C@@H]1C[C@H]2[C@@H]3CC[C@H](O)[C@@]3(C)CC[C@@H]2[C@@]2(C)C=CC(=O)C=C12.COC[C@@H]1C[C@H]2[C@@H]3CC[C@H](O)[C@@]3(C)CC[C@@H]2[C@@]2(C)CCC(O)CC12.C[C@]12CC[C@@H]3c4ccc(O)cc4[C@@H](CO)C[C@H]3[C@@H]1CC[C@@H]2O.C[C@]12CC[C@@H]3c4ccc(O)cc4[C@H](CO)C[C@H]3[C@@H]1CC[C@@H]2O.C[C@]12CC[C@@H]3c4ccc(O)cc4[C@H](CON)C[C@H]3[C@@H]1CC[C@@H]2O. The smallest absolute Gasteiger partial charge is 0.178 e. The number of aromatic hydroxyl groups is 3. The first kappa shape index (κ1) is 84.3. The molecule has 13 fully saturated rings. The molecule has 3 aromatic rings. The Morgan fingerprint density at radius 3 is 1.14 bits per heavy atom. The molecule has 17 aliphatic carbocycles. The Balaban J connectivity index is 0.000000108. The number of hydrogen-bond acceptors (Lipinski definition) is 16. The van der Waals surface area contributed by atoms with Crippen molar-refractivity contribution in [3.8, 4) is 17.2 Å². The summed E-state index contributed by atoms with van der Waals surface area (Å²) in [5.41, 5.74) is 9.60. The van der Waals surface area contributed by atoms with Crippen molar-refractivity contribution in [1.29, 1.82) is 0 Å². The summed E-state index contributed by atoms with van der Waals surface area (Å²) in [5.74, 6) is 17.5. The molecule has 13 saturated carbocycles. The highest BCUT2D eigenvalue weighted by molar-refractivity contribution is 6.01. The summed E-state index contributed by atoms with van der Waals surface area (Å²) in [6, 6.07) is 17.2. The summed E-state index contributed by atoms with van der Waals surface area (Å²) < 4.78 is 11.1. The van der Waals surface area contributed by atoms with E-state index in [4.69, 9.17) is 20.2 Å². The molecular formula is C99H145NO15. The van der Waals surface area contributed by atoms with E-state index in [9.17, 15) is 61.0 Å². The van der Waals surface area contributed by atoms with E-state index in [-0.39, 0.29) is 106 Å². The molecule has 3 aromatic carbocycles. The Morgan fingerprint density at radius 1 is 0.374 bits per heavy atom. The molecule has 0 amide bonds. The van der Waals surface area contributed by atoms with Gasteiger partial charge in [0.15, 0.2) is 5.78 Å². The van der Waals surface area contributed by atoms with Gasteiger partial charge >= 0.3 is 0 Å². The Hall–Kier alpha value is -4.27. The second-order valence-electron chi connectivity index (χ2n) is 43.0. The van der Waals surface area contributed by atoms with Crippen LogP contribution in [-0.2, 0) is 19.1 Å². The van der Waals surface area contributed by atoms with Gasteiger partial charge in [0, 0.05) is 63.1 Å². The standard InChI is InChI=1S/C21H36O3.C21H30O3.C19H27NO3.2C19H26O3/c2*1-20-8-6-14(22)11-18(20)13(12-24-3)10-15-16-4-5-19(23)21(16,2)9-7-17(15)20;1-19-7-6-14-13-3-2-12(21)9-15(13)11(10-23-20)8-16(14)17(19)4-5-18(19)22;2*1-19-7-6-14-13-3-2-12(21)9-15(13)11(10-20)8-16(14)17(19)4-5-18(19)22/h13-19,22-23H,4-12H2,1-3H3;6,8,11,13,15-17,19,23H,4-5,7,9-10,12H2,1-3H3;2-3,9,11,14,16-18,21-22H,4-8,10,20H2,1H3;2*2-3,9,11,14,16-18,20-22H,4-8,10H2,1H3/t13-,14?,15-,16-,17-,18?,19-,20+,21-;13-,15-,16-,17-,19-,20+,21-;2*11-,14+,16+,17-,18-,19-;11-,14-,16-,17+,18+,19+/m00001/s1. The second-order valence-corrected chi connectivity index (χ2v) is 43.0. The van der Waals surface area contributed by atoms with E-state index in [1.165, 1.54) is 59.9 Å². The van der Waals surface area contributed by atoms with Crippen LogP contribution in [0.2, 0.25) is 0 Å². The number of ketones is 1. The number of carbonyl (C=O) groups is 1. The van der Waals surface area contributed by atoms with Crippen LogP contribution in [0.4, 0.5) is 0 Å². The fourth-order valence-electron chi connectivity index (χ4n) is 32.3. The quantitative estimate of drug-likeness (QED) is 0.0934. The van der Waals surface area contributed by atoms with Crippen molar-refractivity contribution in [1.82, 2.24) is 0 Å². The summed E-state index contributed by atoms with van der Waals surface area (Å²) in [6.45, 7) is 18.7. The number of ether oxygens (including phenoxy) is 2. The third-order valence-electron chi connectivity index (χ3n) is 38.5. The molecule has 0 aromatic heterocycles. The van der Waals surface area contributed by atoms with Gasteiger partial charge in [-0.25, -0.2) is 5.90 Å². The number of allylic oxidation sites excluding steroid dienone is 3. The van der Waals surface area contributed by atoms with Gasteiger partial charge in [0.2, 0.25) is 0 Å². The summed E-state index contributed by atoms with van der Waals surface area (Å²) in [7, 11) is 3.59. The highest BCUT2D eigenvalue weighted by Crippen LogP contribution is 2.71. The molecule has 636 valence electrons. The van der Waals surface area contributed by atoms with Crippen LogP contribution in [0, 0.1) is 127 Å². The van der Waals surface area contributed by atoms with E-state index in [1.807, 2.05) is 31.4 Å². The molecule has 0 aliphatic heterocycles. The van der Waals surface area contributed by atoms with E-state index >= 15 is 0 Å². The van der Waals surface area contributed by atoms with Crippen molar-refractivity contribution in [2.75, 3.05) is 47.3 Å². The number of benzene rings is 3. The molecule has 0 spiro atoms. The number of hydrogen-bond donors (Lipinski definition) is 12. The fraction of sp³-hybridized carbons (Fsp3) is 0.768. The van der Waals surface area contributed by atoms with Crippen LogP contribution in [0.15, 0.2) is 78.4 Å². The maximum atomic E-state index is 12.0. The Morgan fingerprint density at radius 2 is 0.730 bits per heavy atom. The first-order valence-electron chi connectivity index (χ1n) is 46.0. The van der Waals surface area contributed by atoms with Gasteiger partial charge in [0.25, 0.3) is 0 Å². The molecule has 2 unspecified atom stereocenters. The predicted octanol–water partition coefficient (Wildman–Crippen LogP) is 16.5. The number of carbonyl (C=O) groups excluding carboxylic acids is 1. The Bertz CT molecular complexity index is 3930. The van der Waals surface area contributed by atoms with Gasteiger partial charge in [-0.2, -0.15) is 0 Å². The van der Waals surface area contributed by atoms with Crippen molar-refractivity contribution < 1.29 is 75.3 Å². The normalized spacial score (nSPS) is 47.3. The molecule has 20 rings (SSSR count). The van der Waals surface area contributed by atoms with Gasteiger partial charge in [0.1, 0.15) is 17.2 Å². The molecule has 0 heterocycles. The minimum atomic E-state index is -0.160. The van der Waals surface area contributed by atoms with E-state index in [1.54, 1.807) is 31.4 Å². The van der Waals surface area contributed by atoms with E-state index < -0.39 is 0 Å². The van der Waals surface area contributed by atoms with Gasteiger partial charge in [-0.3, -0.25) is 4.79 Å². The number of rotatable bonds is 8. The average molecular weight is 1590 g/mol. The first-order chi connectivity index (χ1) is 54.9. The second kappa shape index (κ2) is 32.5. The van der Waals surface area contributed by atoms with Crippen LogP contribution < -0.4 is 5.90 Å². The lowest BCUT2D eigenvalue weighted by atomic mass is 9.43. The lowest BCUT2D eigenvalue weighted by Gasteiger charge is -2.62. The molecule has 0 saturated heterocycles. The predicted molar refractivity (Wildman–Crippen MR) is 445 cm³/mol.